The molecule has 2 aromatic heterocycles. The summed E-state index contributed by atoms with van der Waals surface area (Å²) in [6, 6.07) is 4.88. The van der Waals surface area contributed by atoms with Crippen LogP contribution in [0.25, 0.3) is 32.1 Å². The summed E-state index contributed by atoms with van der Waals surface area (Å²) < 4.78 is 56.0. The van der Waals surface area contributed by atoms with Crippen LogP contribution >= 0.6 is 11.3 Å². The molecule has 3 aliphatic rings. The topological polar surface area (TPSA) is 97.3 Å². The lowest BCUT2D eigenvalue weighted by atomic mass is 9.91. The second kappa shape index (κ2) is 9.98. The van der Waals surface area contributed by atoms with Crippen molar-refractivity contribution in [1.82, 2.24) is 14.9 Å². The molecule has 2 aliphatic heterocycles. The molecule has 1 aliphatic carbocycles. The monoisotopic (exact) mass is 577 g/mol. The third-order valence-corrected chi connectivity index (χ3v) is 9.58. The maximum atomic E-state index is 16.5. The van der Waals surface area contributed by atoms with E-state index in [1.807, 2.05) is 0 Å². The molecule has 1 saturated carbocycles. The lowest BCUT2D eigenvalue weighted by molar-refractivity contribution is 0.135. The van der Waals surface area contributed by atoms with E-state index in [0.29, 0.717) is 23.1 Å². The van der Waals surface area contributed by atoms with Gasteiger partial charge in [0.25, 0.3) is 0 Å². The molecule has 210 valence electrons. The summed E-state index contributed by atoms with van der Waals surface area (Å²) in [5, 5.41) is 10.8. The van der Waals surface area contributed by atoms with Crippen LogP contribution in [0.3, 0.4) is 0 Å². The Bertz CT molecular complexity index is 1780. The van der Waals surface area contributed by atoms with Gasteiger partial charge < -0.3 is 20.1 Å². The number of thiophene rings is 1. The molecular formula is C30H26F3N5O2S. The minimum Gasteiger partial charge on any atom is -0.463 e. The number of hydrogen-bond donors (Lipinski definition) is 1. The standard InChI is InChI=1S/C30H26F3N5O2S/c31-9-16-3-7-38(8-4-16)14-30(5-6-30)15-40-29-36-11-19-20-12-39-13-21(20)23(25(33)26(19)37-29)17-1-2-22(32)27-24(17)18(10-34)28(35)41-27/h1-2,9,11H,3-8,12-15,35H2. The molecule has 4 heterocycles. The maximum absolute atomic E-state index is 16.5. The van der Waals surface area contributed by atoms with Gasteiger partial charge in [0.15, 0.2) is 5.82 Å². The highest BCUT2D eigenvalue weighted by Gasteiger charge is 2.45. The van der Waals surface area contributed by atoms with Crippen LogP contribution in [0.1, 0.15) is 42.4 Å². The van der Waals surface area contributed by atoms with Crippen LogP contribution in [0.15, 0.2) is 30.2 Å². The molecule has 0 atom stereocenters. The van der Waals surface area contributed by atoms with E-state index in [1.54, 1.807) is 6.20 Å². The third-order valence-electron chi connectivity index (χ3n) is 8.55. The number of nitrogens with zero attached hydrogens (tertiary/aromatic N) is 4. The first kappa shape index (κ1) is 26.2. The zero-order chi connectivity index (χ0) is 28.3. The van der Waals surface area contributed by atoms with E-state index >= 15 is 4.39 Å². The number of nitriles is 1. The molecule has 41 heavy (non-hydrogen) atoms. The van der Waals surface area contributed by atoms with E-state index in [9.17, 15) is 14.0 Å². The molecule has 7 rings (SSSR count). The number of rotatable bonds is 6. The summed E-state index contributed by atoms with van der Waals surface area (Å²) in [6.07, 6.45) is 5.80. The Kier molecular flexibility index (Phi) is 6.37. The molecule has 7 nitrogen and oxygen atoms in total. The van der Waals surface area contributed by atoms with Crippen LogP contribution in [-0.4, -0.2) is 41.1 Å². The summed E-state index contributed by atoms with van der Waals surface area (Å²) in [6.45, 7) is 3.33. The van der Waals surface area contributed by atoms with E-state index in [-0.39, 0.29) is 56.4 Å². The smallest absolute Gasteiger partial charge is 0.317 e. The van der Waals surface area contributed by atoms with E-state index in [0.717, 1.165) is 74.1 Å². The first-order chi connectivity index (χ1) is 19.9. The third kappa shape index (κ3) is 4.41. The van der Waals surface area contributed by atoms with Crippen LogP contribution in [-0.2, 0) is 18.0 Å². The Labute approximate surface area is 238 Å². The van der Waals surface area contributed by atoms with Gasteiger partial charge >= 0.3 is 6.01 Å². The zero-order valence-electron chi connectivity index (χ0n) is 22.1. The Morgan fingerprint density at radius 2 is 1.98 bits per heavy atom. The van der Waals surface area contributed by atoms with E-state index < -0.39 is 11.6 Å². The van der Waals surface area contributed by atoms with Gasteiger partial charge in [0.2, 0.25) is 0 Å². The first-order valence-electron chi connectivity index (χ1n) is 13.5. The van der Waals surface area contributed by atoms with Crippen molar-refractivity contribution in [2.45, 2.75) is 38.9 Å². The molecule has 11 heteroatoms. The number of piperidine rings is 1. The van der Waals surface area contributed by atoms with Gasteiger partial charge in [-0.1, -0.05) is 6.07 Å². The van der Waals surface area contributed by atoms with Crippen molar-refractivity contribution in [3.63, 3.8) is 0 Å². The summed E-state index contributed by atoms with van der Waals surface area (Å²) >= 11 is 0.970. The van der Waals surface area contributed by atoms with Gasteiger partial charge in [-0.3, -0.25) is 0 Å². The second-order valence-electron chi connectivity index (χ2n) is 11.1. The van der Waals surface area contributed by atoms with E-state index in [1.165, 1.54) is 12.1 Å². The molecule has 0 amide bonds. The molecule has 2 aromatic carbocycles. The van der Waals surface area contributed by atoms with Gasteiger partial charge in [-0.15, -0.1) is 11.3 Å². The van der Waals surface area contributed by atoms with Gasteiger partial charge in [-0.2, -0.15) is 10.2 Å². The van der Waals surface area contributed by atoms with Gasteiger partial charge in [0.05, 0.1) is 36.4 Å². The molecule has 2 fully saturated rings. The minimum absolute atomic E-state index is 0.0168. The Hall–Kier alpha value is -3.72. The van der Waals surface area contributed by atoms with Gasteiger partial charge in [0.1, 0.15) is 22.4 Å². The highest BCUT2D eigenvalue weighted by atomic mass is 32.1. The summed E-state index contributed by atoms with van der Waals surface area (Å²) in [5.41, 5.74) is 9.06. The normalized spacial score (nSPS) is 18.0. The fourth-order valence-electron chi connectivity index (χ4n) is 6.08. The van der Waals surface area contributed by atoms with Crippen LogP contribution in [0.5, 0.6) is 6.01 Å². The highest BCUT2D eigenvalue weighted by Crippen LogP contribution is 2.48. The second-order valence-corrected chi connectivity index (χ2v) is 12.2. The van der Waals surface area contributed by atoms with E-state index in [4.69, 9.17) is 15.2 Å². The van der Waals surface area contributed by atoms with E-state index in [2.05, 4.69) is 20.9 Å². The van der Waals surface area contributed by atoms with Crippen LogP contribution in [0, 0.1) is 28.4 Å². The first-order valence-corrected chi connectivity index (χ1v) is 14.3. The molecule has 0 radical (unpaired) electrons. The summed E-state index contributed by atoms with van der Waals surface area (Å²) in [7, 11) is 0. The molecule has 0 spiro atoms. The van der Waals surface area contributed by atoms with Gasteiger partial charge in [0, 0.05) is 47.6 Å². The number of aromatic nitrogens is 2. The lowest BCUT2D eigenvalue weighted by Gasteiger charge is -2.31. The van der Waals surface area contributed by atoms with Crippen molar-refractivity contribution in [2.75, 3.05) is 32.0 Å². The fraction of sp³-hybridized carbons (Fsp3) is 0.367. The fourth-order valence-corrected chi connectivity index (χ4v) is 7.03. The highest BCUT2D eigenvalue weighted by molar-refractivity contribution is 7.23. The van der Waals surface area contributed by atoms with Crippen molar-refractivity contribution >= 4 is 37.3 Å². The Balaban J connectivity index is 1.24. The number of benzene rings is 2. The van der Waals surface area contributed by atoms with Crippen molar-refractivity contribution in [3.8, 4) is 23.2 Å². The molecule has 4 aromatic rings. The molecule has 0 bridgehead atoms. The Morgan fingerprint density at radius 1 is 1.20 bits per heavy atom. The molecule has 1 saturated heterocycles. The number of anilines is 1. The molecule has 2 N–H and O–H groups in total. The quantitative estimate of drug-likeness (QED) is 0.284. The number of likely N-dealkylation sites (tertiary alicyclic amines) is 1. The van der Waals surface area contributed by atoms with Gasteiger partial charge in [-0.05, 0) is 54.0 Å². The summed E-state index contributed by atoms with van der Waals surface area (Å²) in [5.74, 6) is -1.13. The predicted molar refractivity (Wildman–Crippen MR) is 150 cm³/mol. The van der Waals surface area contributed by atoms with Crippen molar-refractivity contribution < 1.29 is 22.6 Å². The SMILES string of the molecule is N#Cc1c(N)sc2c(F)ccc(-c3c4c(c5cnc(OCC6(CN7CCC(=CF)CC7)CC6)nc5c3F)COC4)c12. The van der Waals surface area contributed by atoms with Crippen molar-refractivity contribution in [1.29, 1.82) is 5.26 Å². The average molecular weight is 578 g/mol. The molecular weight excluding hydrogens is 551 g/mol. The predicted octanol–water partition coefficient (Wildman–Crippen LogP) is 6.38. The number of ether oxygens (including phenoxy) is 2. The number of hydrogen-bond acceptors (Lipinski definition) is 8. The maximum Gasteiger partial charge on any atom is 0.317 e. The molecule has 0 unspecified atom stereocenters. The number of halogens is 3. The van der Waals surface area contributed by atoms with Crippen LogP contribution < -0.4 is 10.5 Å². The zero-order valence-corrected chi connectivity index (χ0v) is 22.9. The summed E-state index contributed by atoms with van der Waals surface area (Å²) in [4.78, 5) is 11.2. The number of fused-ring (bicyclic) bond motifs is 4. The lowest BCUT2D eigenvalue weighted by Crippen LogP contribution is -2.37. The van der Waals surface area contributed by atoms with Gasteiger partial charge in [-0.25, -0.2) is 18.2 Å². The number of nitrogens with two attached hydrogens (primary N) is 1. The van der Waals surface area contributed by atoms with Crippen LogP contribution in [0.2, 0.25) is 0 Å². The van der Waals surface area contributed by atoms with Crippen molar-refractivity contribution in [3.05, 3.63) is 58.6 Å². The number of nitrogen functional groups attached to an aromatic ring is 1. The Morgan fingerprint density at radius 3 is 2.71 bits per heavy atom. The minimum atomic E-state index is -0.607. The van der Waals surface area contributed by atoms with Crippen molar-refractivity contribution in [2.24, 2.45) is 5.41 Å². The largest absolute Gasteiger partial charge is 0.463 e. The average Bonchev–Trinajstić information content (AvgIpc) is 3.41. The van der Waals surface area contributed by atoms with Crippen LogP contribution in [0.4, 0.5) is 18.2 Å².